The Bertz CT molecular complexity index is 1060. The topological polar surface area (TPSA) is 72.3 Å². The van der Waals surface area contributed by atoms with E-state index in [1.165, 1.54) is 20.2 Å². The number of oxime groups is 2. The van der Waals surface area contributed by atoms with Crippen molar-refractivity contribution < 1.29 is 18.9 Å². The van der Waals surface area contributed by atoms with Crippen LogP contribution in [0.5, 0.6) is 0 Å². The molecule has 0 radical (unpaired) electrons. The number of nitrogens with zero attached hydrogens (tertiary/aromatic N) is 2. The summed E-state index contributed by atoms with van der Waals surface area (Å²) in [6.45, 7) is 2.09. The molecule has 1 amide bonds. The van der Waals surface area contributed by atoms with E-state index in [4.69, 9.17) is 9.68 Å². The van der Waals surface area contributed by atoms with E-state index in [1.807, 2.05) is 25.1 Å². The number of hydrogen-bond donors (Lipinski definition) is 1. The minimum atomic E-state index is -0.356. The number of amides is 1. The molecule has 30 heavy (non-hydrogen) atoms. The maximum atomic E-state index is 13.8. The zero-order valence-electron chi connectivity index (χ0n) is 17.3. The Morgan fingerprint density at radius 2 is 2.07 bits per heavy atom. The molecule has 0 bridgehead atoms. The van der Waals surface area contributed by atoms with Crippen molar-refractivity contribution in [2.75, 3.05) is 14.2 Å². The van der Waals surface area contributed by atoms with E-state index in [-0.39, 0.29) is 29.5 Å². The van der Waals surface area contributed by atoms with Crippen LogP contribution >= 0.6 is 0 Å². The second kappa shape index (κ2) is 7.89. The smallest absolute Gasteiger partial charge is 0.273 e. The number of halogens is 1. The Morgan fingerprint density at radius 3 is 2.77 bits per heavy atom. The summed E-state index contributed by atoms with van der Waals surface area (Å²) in [5.41, 5.74) is 5.40. The third-order valence-electron chi connectivity index (χ3n) is 5.90. The van der Waals surface area contributed by atoms with Crippen molar-refractivity contribution in [3.63, 3.8) is 0 Å². The summed E-state index contributed by atoms with van der Waals surface area (Å²) in [7, 11) is 2.93. The van der Waals surface area contributed by atoms with Crippen LogP contribution in [-0.2, 0) is 26.5 Å². The highest BCUT2D eigenvalue weighted by atomic mass is 19.1. The average Bonchev–Trinajstić information content (AvgIpc) is 3.45. The summed E-state index contributed by atoms with van der Waals surface area (Å²) >= 11 is 0. The Labute approximate surface area is 174 Å². The Balaban J connectivity index is 1.61. The monoisotopic (exact) mass is 409 g/mol. The van der Waals surface area contributed by atoms with E-state index in [1.54, 1.807) is 12.1 Å². The number of rotatable bonds is 6. The molecule has 1 spiro atoms. The lowest BCUT2D eigenvalue weighted by molar-refractivity contribution is -0.114. The fourth-order valence-corrected chi connectivity index (χ4v) is 4.12. The number of carbonyl (C=O) groups excluding carboxylic acids is 1. The van der Waals surface area contributed by atoms with Gasteiger partial charge >= 0.3 is 0 Å². The number of fused-ring (bicyclic) bond motifs is 2. The highest BCUT2D eigenvalue weighted by Crippen LogP contribution is 2.56. The van der Waals surface area contributed by atoms with E-state index in [0.29, 0.717) is 5.56 Å². The summed E-state index contributed by atoms with van der Waals surface area (Å²) in [6, 6.07) is 10.5. The van der Waals surface area contributed by atoms with Gasteiger partial charge in [0.25, 0.3) is 5.91 Å². The molecule has 7 heteroatoms. The molecule has 2 aliphatic carbocycles. The molecular weight excluding hydrogens is 385 g/mol. The molecule has 0 atom stereocenters. The molecule has 1 N–H and O–H groups in total. The van der Waals surface area contributed by atoms with E-state index in [9.17, 15) is 9.18 Å². The van der Waals surface area contributed by atoms with Gasteiger partial charge in [-0.2, -0.15) is 0 Å². The van der Waals surface area contributed by atoms with Crippen LogP contribution in [0.1, 0.15) is 47.1 Å². The second-order valence-electron chi connectivity index (χ2n) is 7.76. The van der Waals surface area contributed by atoms with Crippen LogP contribution in [0.25, 0.3) is 0 Å². The third-order valence-corrected chi connectivity index (χ3v) is 5.90. The number of hydrogen-bond acceptors (Lipinski definition) is 5. The number of nitrogens with one attached hydrogen (secondary N) is 1. The zero-order chi connectivity index (χ0) is 21.3. The maximum Gasteiger partial charge on any atom is 0.273 e. The van der Waals surface area contributed by atoms with Crippen LogP contribution in [0.4, 0.5) is 4.39 Å². The standard InChI is InChI=1S/C23H24FN3O3/c1-14-5-4-6-16(21(27-29-3)22(28)25-2)18(14)13-30-26-20-12-23(9-10-23)19-8-7-15(24)11-17(19)20/h4-8,11H,9-10,12-13H2,1-3H3,(H,25,28)/b26-20+,27-21+. The molecule has 0 saturated heterocycles. The fraction of sp³-hybridized carbons (Fsp3) is 0.348. The van der Waals surface area contributed by atoms with E-state index < -0.39 is 0 Å². The van der Waals surface area contributed by atoms with Crippen molar-refractivity contribution in [2.24, 2.45) is 10.3 Å². The van der Waals surface area contributed by atoms with Crippen molar-refractivity contribution in [1.29, 1.82) is 0 Å². The van der Waals surface area contributed by atoms with Gasteiger partial charge < -0.3 is 15.0 Å². The molecule has 1 saturated carbocycles. The summed E-state index contributed by atoms with van der Waals surface area (Å²) in [6.07, 6.45) is 2.95. The minimum absolute atomic E-state index is 0.108. The van der Waals surface area contributed by atoms with E-state index in [0.717, 1.165) is 47.2 Å². The minimum Gasteiger partial charge on any atom is -0.398 e. The van der Waals surface area contributed by atoms with Crippen LogP contribution < -0.4 is 5.32 Å². The van der Waals surface area contributed by atoms with Crippen LogP contribution in [0, 0.1) is 12.7 Å². The maximum absolute atomic E-state index is 13.8. The molecule has 0 heterocycles. The first kappa shape index (κ1) is 20.1. The van der Waals surface area contributed by atoms with Gasteiger partial charge in [0.2, 0.25) is 0 Å². The first-order valence-corrected chi connectivity index (χ1v) is 9.90. The second-order valence-corrected chi connectivity index (χ2v) is 7.76. The average molecular weight is 409 g/mol. The number of carbonyl (C=O) groups is 1. The van der Waals surface area contributed by atoms with Crippen molar-refractivity contribution >= 4 is 17.3 Å². The van der Waals surface area contributed by atoms with E-state index in [2.05, 4.69) is 15.6 Å². The van der Waals surface area contributed by atoms with Crippen molar-refractivity contribution in [2.45, 2.75) is 38.2 Å². The molecule has 2 aromatic rings. The van der Waals surface area contributed by atoms with Gasteiger partial charge in [0.15, 0.2) is 5.71 Å². The molecule has 4 rings (SSSR count). The van der Waals surface area contributed by atoms with Gasteiger partial charge in [0.05, 0.1) is 5.71 Å². The van der Waals surface area contributed by atoms with E-state index >= 15 is 0 Å². The molecule has 1 fully saturated rings. The summed E-state index contributed by atoms with van der Waals surface area (Å²) in [4.78, 5) is 22.9. The largest absolute Gasteiger partial charge is 0.398 e. The molecule has 0 aromatic heterocycles. The highest BCUT2D eigenvalue weighted by molar-refractivity contribution is 6.45. The first-order chi connectivity index (χ1) is 14.5. The van der Waals surface area contributed by atoms with Crippen LogP contribution in [-0.4, -0.2) is 31.5 Å². The Hall–Kier alpha value is -3.22. The SMILES string of the molecule is CNC(=O)/C(=N/OC)c1cccc(C)c1CO/N=C1\CC2(CC2)c2ccc(F)cc21. The lowest BCUT2D eigenvalue weighted by Gasteiger charge is -2.13. The third kappa shape index (κ3) is 3.56. The van der Waals surface area contributed by atoms with Crippen LogP contribution in [0.2, 0.25) is 0 Å². The van der Waals surface area contributed by atoms with Gasteiger partial charge in [-0.1, -0.05) is 34.6 Å². The van der Waals surface area contributed by atoms with Crippen molar-refractivity contribution in [3.8, 4) is 0 Å². The number of aryl methyl sites for hydroxylation is 1. The molecule has 0 unspecified atom stereocenters. The van der Waals surface area contributed by atoms with Crippen LogP contribution in [0.15, 0.2) is 46.7 Å². The lowest BCUT2D eigenvalue weighted by atomic mass is 9.98. The van der Waals surface area contributed by atoms with Gasteiger partial charge in [-0.3, -0.25) is 4.79 Å². The summed E-state index contributed by atoms with van der Waals surface area (Å²) in [5.74, 6) is -0.628. The van der Waals surface area contributed by atoms with Crippen LogP contribution in [0.3, 0.4) is 0 Å². The van der Waals surface area contributed by atoms with Gasteiger partial charge in [-0.15, -0.1) is 0 Å². The molecule has 0 aliphatic heterocycles. The quantitative estimate of drug-likeness (QED) is 0.585. The number of likely N-dealkylation sites (N-methyl/N-ethyl adjacent to an activating group) is 1. The summed E-state index contributed by atoms with van der Waals surface area (Å²) in [5, 5.41) is 10.8. The molecule has 2 aliphatic rings. The Kier molecular flexibility index (Phi) is 5.28. The lowest BCUT2D eigenvalue weighted by Crippen LogP contribution is -2.29. The highest BCUT2D eigenvalue weighted by Gasteiger charge is 2.51. The number of benzene rings is 2. The van der Waals surface area contributed by atoms with Gasteiger partial charge in [-0.25, -0.2) is 4.39 Å². The normalized spacial score (nSPS) is 17.7. The molecule has 6 nitrogen and oxygen atoms in total. The summed E-state index contributed by atoms with van der Waals surface area (Å²) < 4.78 is 13.8. The van der Waals surface area contributed by atoms with Gasteiger partial charge in [0, 0.05) is 35.6 Å². The van der Waals surface area contributed by atoms with Gasteiger partial charge in [-0.05, 0) is 43.0 Å². The molecule has 2 aromatic carbocycles. The Morgan fingerprint density at radius 1 is 1.27 bits per heavy atom. The first-order valence-electron chi connectivity index (χ1n) is 9.90. The van der Waals surface area contributed by atoms with Crippen molar-refractivity contribution in [3.05, 3.63) is 70.0 Å². The fourth-order valence-electron chi connectivity index (χ4n) is 4.12. The predicted octanol–water partition coefficient (Wildman–Crippen LogP) is 3.59. The zero-order valence-corrected chi connectivity index (χ0v) is 17.3. The predicted molar refractivity (Wildman–Crippen MR) is 112 cm³/mol. The molecular formula is C23H24FN3O3. The van der Waals surface area contributed by atoms with Gasteiger partial charge in [0.1, 0.15) is 19.5 Å². The van der Waals surface area contributed by atoms with Crippen molar-refractivity contribution in [1.82, 2.24) is 5.32 Å². The molecule has 156 valence electrons.